The predicted molar refractivity (Wildman–Crippen MR) is 119 cm³/mol. The Morgan fingerprint density at radius 1 is 1.00 bits per heavy atom. The number of rotatable bonds is 4. The third-order valence-electron chi connectivity index (χ3n) is 5.26. The number of anilines is 1. The number of hydrogen-bond donors (Lipinski definition) is 0. The molecule has 156 valence electrons. The van der Waals surface area contributed by atoms with Gasteiger partial charge >= 0.3 is 0 Å². The van der Waals surface area contributed by atoms with Crippen LogP contribution in [0.15, 0.2) is 59.2 Å². The van der Waals surface area contributed by atoms with Gasteiger partial charge in [-0.2, -0.15) is 15.2 Å². The normalized spacial score (nSPS) is 15.0. The smallest absolute Gasteiger partial charge is 0.267 e. The standard InChI is InChI=1S/C23H21N5O3/c1-14-8-10-18(11-9-14)27-23(29)22(16(3)25-27)13-21-15(2)24-26(17(21)4)19-6-5-7-20(12-19)28(30)31/h5-13H,1-4H3/b22-13-. The van der Waals surface area contributed by atoms with Crippen LogP contribution in [0.1, 0.15) is 29.4 Å². The fourth-order valence-corrected chi connectivity index (χ4v) is 3.54. The van der Waals surface area contributed by atoms with Gasteiger partial charge in [-0.3, -0.25) is 14.9 Å². The van der Waals surface area contributed by atoms with Crippen LogP contribution >= 0.6 is 0 Å². The zero-order valence-corrected chi connectivity index (χ0v) is 17.7. The molecule has 0 fully saturated rings. The van der Waals surface area contributed by atoms with Crippen LogP contribution in [0, 0.1) is 30.9 Å². The zero-order chi connectivity index (χ0) is 22.3. The van der Waals surface area contributed by atoms with Gasteiger partial charge in [0, 0.05) is 23.4 Å². The first-order chi connectivity index (χ1) is 14.8. The lowest BCUT2D eigenvalue weighted by Crippen LogP contribution is -2.21. The van der Waals surface area contributed by atoms with Crippen molar-refractivity contribution in [2.75, 3.05) is 5.01 Å². The quantitative estimate of drug-likeness (QED) is 0.356. The number of benzene rings is 2. The molecule has 0 radical (unpaired) electrons. The van der Waals surface area contributed by atoms with Crippen molar-refractivity contribution in [3.05, 3.63) is 86.7 Å². The minimum absolute atomic E-state index is 0.00681. The minimum atomic E-state index is -0.436. The van der Waals surface area contributed by atoms with E-state index >= 15 is 0 Å². The van der Waals surface area contributed by atoms with Crippen LogP contribution in [0.2, 0.25) is 0 Å². The first-order valence-electron chi connectivity index (χ1n) is 9.75. The molecule has 8 nitrogen and oxygen atoms in total. The Balaban J connectivity index is 1.72. The van der Waals surface area contributed by atoms with E-state index in [-0.39, 0.29) is 11.6 Å². The highest BCUT2D eigenvalue weighted by molar-refractivity contribution is 6.32. The van der Waals surface area contributed by atoms with Crippen molar-refractivity contribution in [3.8, 4) is 5.69 Å². The number of aromatic nitrogens is 2. The van der Waals surface area contributed by atoms with Gasteiger partial charge in [-0.15, -0.1) is 0 Å². The largest absolute Gasteiger partial charge is 0.280 e. The molecule has 0 bridgehead atoms. The number of hydrogen-bond acceptors (Lipinski definition) is 5. The lowest BCUT2D eigenvalue weighted by Gasteiger charge is -2.11. The minimum Gasteiger partial charge on any atom is -0.267 e. The highest BCUT2D eigenvalue weighted by Crippen LogP contribution is 2.28. The summed E-state index contributed by atoms with van der Waals surface area (Å²) < 4.78 is 1.65. The number of nitrogens with zero attached hydrogens (tertiary/aromatic N) is 5. The second kappa shape index (κ2) is 7.64. The number of aryl methyl sites for hydroxylation is 2. The van der Waals surface area contributed by atoms with Gasteiger partial charge < -0.3 is 0 Å². The Bertz CT molecular complexity index is 1270. The van der Waals surface area contributed by atoms with E-state index in [4.69, 9.17) is 0 Å². The molecular weight excluding hydrogens is 394 g/mol. The van der Waals surface area contributed by atoms with E-state index in [2.05, 4.69) is 10.2 Å². The molecule has 1 amide bonds. The molecule has 31 heavy (non-hydrogen) atoms. The van der Waals surface area contributed by atoms with Gasteiger partial charge in [0.15, 0.2) is 0 Å². The zero-order valence-electron chi connectivity index (χ0n) is 17.7. The van der Waals surface area contributed by atoms with E-state index in [0.717, 1.165) is 16.8 Å². The molecule has 1 aliphatic rings. The number of nitro groups is 1. The number of carbonyl (C=O) groups is 1. The Hall–Kier alpha value is -4.07. The van der Waals surface area contributed by atoms with Crippen LogP contribution in [0.25, 0.3) is 11.8 Å². The molecule has 1 aliphatic heterocycles. The number of amides is 1. The molecule has 0 atom stereocenters. The summed E-state index contributed by atoms with van der Waals surface area (Å²) in [5.41, 5.74) is 5.78. The summed E-state index contributed by atoms with van der Waals surface area (Å²) in [6, 6.07) is 13.9. The molecule has 2 aromatic carbocycles. The molecule has 0 saturated heterocycles. The first kappa shape index (κ1) is 20.2. The second-order valence-corrected chi connectivity index (χ2v) is 7.47. The van der Waals surface area contributed by atoms with Crippen molar-refractivity contribution in [1.29, 1.82) is 0 Å². The molecule has 0 aliphatic carbocycles. The third kappa shape index (κ3) is 3.63. The lowest BCUT2D eigenvalue weighted by atomic mass is 10.1. The summed E-state index contributed by atoms with van der Waals surface area (Å²) in [6.45, 7) is 7.50. The molecule has 0 unspecified atom stereocenters. The Morgan fingerprint density at radius 2 is 1.71 bits per heavy atom. The molecule has 8 heteroatoms. The first-order valence-corrected chi connectivity index (χ1v) is 9.75. The SMILES string of the molecule is CC1=NN(c2ccc(C)cc2)C(=O)/C1=C\c1c(C)nn(-c2cccc([N+](=O)[O-])c2)c1C. The highest BCUT2D eigenvalue weighted by atomic mass is 16.6. The molecule has 1 aromatic heterocycles. The fourth-order valence-electron chi connectivity index (χ4n) is 3.54. The summed E-state index contributed by atoms with van der Waals surface area (Å²) in [6.07, 6.45) is 1.79. The van der Waals surface area contributed by atoms with E-state index < -0.39 is 4.92 Å². The van der Waals surface area contributed by atoms with Crippen LogP contribution in [0.3, 0.4) is 0 Å². The molecule has 3 aromatic rings. The van der Waals surface area contributed by atoms with Crippen LogP contribution in [0.4, 0.5) is 11.4 Å². The molecule has 2 heterocycles. The van der Waals surface area contributed by atoms with Crippen LogP contribution in [-0.2, 0) is 4.79 Å². The van der Waals surface area contributed by atoms with Crippen LogP contribution in [-0.4, -0.2) is 26.3 Å². The van der Waals surface area contributed by atoms with Crippen molar-refractivity contribution in [2.24, 2.45) is 5.10 Å². The van der Waals surface area contributed by atoms with Gasteiger partial charge in [-0.25, -0.2) is 4.68 Å². The molecular formula is C23H21N5O3. The highest BCUT2D eigenvalue weighted by Gasteiger charge is 2.29. The Kier molecular flexibility index (Phi) is 4.98. The van der Waals surface area contributed by atoms with E-state index in [1.54, 1.807) is 29.8 Å². The van der Waals surface area contributed by atoms with Gasteiger partial charge in [-0.05, 0) is 52.0 Å². The Labute approximate surface area is 179 Å². The van der Waals surface area contributed by atoms with Gasteiger partial charge in [0.05, 0.1) is 33.3 Å². The van der Waals surface area contributed by atoms with E-state index in [9.17, 15) is 14.9 Å². The third-order valence-corrected chi connectivity index (χ3v) is 5.26. The monoisotopic (exact) mass is 415 g/mol. The van der Waals surface area contributed by atoms with Crippen molar-refractivity contribution < 1.29 is 9.72 Å². The van der Waals surface area contributed by atoms with E-state index in [1.807, 2.05) is 45.0 Å². The van der Waals surface area contributed by atoms with E-state index in [0.29, 0.717) is 28.4 Å². The average Bonchev–Trinajstić information content (AvgIpc) is 3.19. The lowest BCUT2D eigenvalue weighted by molar-refractivity contribution is -0.384. The number of hydrazone groups is 1. The average molecular weight is 415 g/mol. The second-order valence-electron chi connectivity index (χ2n) is 7.47. The molecule has 0 saturated carbocycles. The van der Waals surface area contributed by atoms with Gasteiger partial charge in [0.2, 0.25) is 0 Å². The fraction of sp³-hybridized carbons (Fsp3) is 0.174. The van der Waals surface area contributed by atoms with E-state index in [1.165, 1.54) is 17.1 Å². The van der Waals surface area contributed by atoms with Gasteiger partial charge in [0.25, 0.3) is 11.6 Å². The maximum absolute atomic E-state index is 13.1. The molecule has 0 N–H and O–H groups in total. The summed E-state index contributed by atoms with van der Waals surface area (Å²) in [7, 11) is 0. The summed E-state index contributed by atoms with van der Waals surface area (Å²) >= 11 is 0. The van der Waals surface area contributed by atoms with Crippen molar-refractivity contribution >= 4 is 29.1 Å². The molecule has 4 rings (SSSR count). The van der Waals surface area contributed by atoms with Gasteiger partial charge in [0.1, 0.15) is 0 Å². The number of nitro benzene ring substituents is 1. The summed E-state index contributed by atoms with van der Waals surface area (Å²) in [5.74, 6) is -0.205. The number of carbonyl (C=O) groups excluding carboxylic acids is 1. The molecule has 0 spiro atoms. The summed E-state index contributed by atoms with van der Waals surface area (Å²) in [4.78, 5) is 23.8. The van der Waals surface area contributed by atoms with Crippen molar-refractivity contribution in [2.45, 2.75) is 27.7 Å². The Morgan fingerprint density at radius 3 is 2.39 bits per heavy atom. The van der Waals surface area contributed by atoms with Crippen molar-refractivity contribution in [3.63, 3.8) is 0 Å². The number of non-ortho nitro benzene ring substituents is 1. The van der Waals surface area contributed by atoms with Crippen molar-refractivity contribution in [1.82, 2.24) is 9.78 Å². The van der Waals surface area contributed by atoms with Crippen LogP contribution < -0.4 is 5.01 Å². The maximum atomic E-state index is 13.1. The van der Waals surface area contributed by atoms with Crippen LogP contribution in [0.5, 0.6) is 0 Å². The topological polar surface area (TPSA) is 93.6 Å². The summed E-state index contributed by atoms with van der Waals surface area (Å²) in [5, 5.41) is 21.5. The maximum Gasteiger partial charge on any atom is 0.280 e. The predicted octanol–water partition coefficient (Wildman–Crippen LogP) is 4.51. The van der Waals surface area contributed by atoms with Gasteiger partial charge in [-0.1, -0.05) is 23.8 Å².